The van der Waals surface area contributed by atoms with Crippen molar-refractivity contribution in [3.05, 3.63) is 35.9 Å². The standard InChI is InChI=1S/C12H17NO/c1-12(2)8-10(14)13-11(12)9-6-4-3-5-7-9/h3-7,10-11,13-14H,8H2,1-2H3. The molecule has 0 bridgehead atoms. The first-order valence-corrected chi connectivity index (χ1v) is 5.09. The summed E-state index contributed by atoms with van der Waals surface area (Å²) in [6, 6.07) is 10.6. The van der Waals surface area contributed by atoms with E-state index in [2.05, 4.69) is 31.3 Å². The molecule has 2 heteroatoms. The largest absolute Gasteiger partial charge is 0.379 e. The van der Waals surface area contributed by atoms with Gasteiger partial charge in [0.05, 0.1) is 0 Å². The van der Waals surface area contributed by atoms with Gasteiger partial charge >= 0.3 is 0 Å². The molecule has 2 atom stereocenters. The molecule has 2 rings (SSSR count). The second-order valence-corrected chi connectivity index (χ2v) is 4.72. The van der Waals surface area contributed by atoms with Crippen molar-refractivity contribution in [2.24, 2.45) is 5.41 Å². The fraction of sp³-hybridized carbons (Fsp3) is 0.500. The van der Waals surface area contributed by atoms with Gasteiger partial charge in [-0.05, 0) is 17.4 Å². The van der Waals surface area contributed by atoms with Gasteiger partial charge in [0.15, 0.2) is 0 Å². The smallest absolute Gasteiger partial charge is 0.105 e. The minimum absolute atomic E-state index is 0.126. The summed E-state index contributed by atoms with van der Waals surface area (Å²) < 4.78 is 0. The highest BCUT2D eigenvalue weighted by Crippen LogP contribution is 2.42. The predicted octanol–water partition coefficient (Wildman–Crippen LogP) is 2.07. The molecular formula is C12H17NO. The number of rotatable bonds is 1. The van der Waals surface area contributed by atoms with Crippen LogP contribution in [0.15, 0.2) is 30.3 Å². The van der Waals surface area contributed by atoms with Gasteiger partial charge in [-0.2, -0.15) is 0 Å². The zero-order valence-electron chi connectivity index (χ0n) is 8.70. The van der Waals surface area contributed by atoms with E-state index >= 15 is 0 Å². The van der Waals surface area contributed by atoms with E-state index in [1.54, 1.807) is 0 Å². The van der Waals surface area contributed by atoms with Gasteiger partial charge in [-0.3, -0.25) is 5.32 Å². The molecule has 2 nitrogen and oxygen atoms in total. The zero-order chi connectivity index (χ0) is 10.2. The molecule has 2 N–H and O–H groups in total. The molecule has 1 saturated heterocycles. The van der Waals surface area contributed by atoms with Crippen molar-refractivity contribution in [1.82, 2.24) is 5.32 Å². The van der Waals surface area contributed by atoms with Crippen molar-refractivity contribution in [1.29, 1.82) is 0 Å². The molecule has 0 aliphatic carbocycles. The Morgan fingerprint density at radius 2 is 1.93 bits per heavy atom. The summed E-state index contributed by atoms with van der Waals surface area (Å²) in [6.45, 7) is 4.38. The number of nitrogens with one attached hydrogen (secondary N) is 1. The lowest BCUT2D eigenvalue weighted by Crippen LogP contribution is -2.26. The third-order valence-corrected chi connectivity index (χ3v) is 2.99. The van der Waals surface area contributed by atoms with Crippen LogP contribution in [0.3, 0.4) is 0 Å². The van der Waals surface area contributed by atoms with Gasteiger partial charge in [0, 0.05) is 6.04 Å². The van der Waals surface area contributed by atoms with Gasteiger partial charge in [0.2, 0.25) is 0 Å². The maximum Gasteiger partial charge on any atom is 0.105 e. The van der Waals surface area contributed by atoms with E-state index in [0.717, 1.165) is 6.42 Å². The molecule has 0 saturated carbocycles. The Hall–Kier alpha value is -0.860. The lowest BCUT2D eigenvalue weighted by molar-refractivity contribution is 0.148. The van der Waals surface area contributed by atoms with E-state index in [-0.39, 0.29) is 17.7 Å². The lowest BCUT2D eigenvalue weighted by Gasteiger charge is -2.26. The molecule has 0 amide bonds. The molecule has 2 unspecified atom stereocenters. The van der Waals surface area contributed by atoms with Crippen LogP contribution in [0.1, 0.15) is 31.9 Å². The van der Waals surface area contributed by atoms with E-state index < -0.39 is 0 Å². The quantitative estimate of drug-likeness (QED) is 0.712. The fourth-order valence-electron chi connectivity index (χ4n) is 2.29. The minimum atomic E-state index is -0.366. The average molecular weight is 191 g/mol. The Labute approximate surface area is 85.0 Å². The molecule has 14 heavy (non-hydrogen) atoms. The summed E-state index contributed by atoms with van der Waals surface area (Å²) in [5, 5.41) is 12.8. The Balaban J connectivity index is 2.27. The van der Waals surface area contributed by atoms with Crippen LogP contribution in [0.2, 0.25) is 0 Å². The topological polar surface area (TPSA) is 32.3 Å². The van der Waals surface area contributed by atoms with Crippen LogP contribution < -0.4 is 5.32 Å². The summed E-state index contributed by atoms with van der Waals surface area (Å²) in [4.78, 5) is 0. The third-order valence-electron chi connectivity index (χ3n) is 2.99. The number of aliphatic hydroxyl groups is 1. The lowest BCUT2D eigenvalue weighted by atomic mass is 9.81. The van der Waals surface area contributed by atoms with Crippen molar-refractivity contribution in [2.75, 3.05) is 0 Å². The molecule has 1 aliphatic heterocycles. The molecule has 0 radical (unpaired) electrons. The molecule has 0 aromatic heterocycles. The zero-order valence-corrected chi connectivity index (χ0v) is 8.70. The minimum Gasteiger partial charge on any atom is -0.379 e. The van der Waals surface area contributed by atoms with E-state index in [1.807, 2.05) is 18.2 Å². The molecule has 1 aliphatic rings. The van der Waals surface area contributed by atoms with Gasteiger partial charge in [-0.25, -0.2) is 0 Å². The van der Waals surface area contributed by atoms with Crippen molar-refractivity contribution < 1.29 is 5.11 Å². The van der Waals surface area contributed by atoms with Crippen LogP contribution >= 0.6 is 0 Å². The first-order chi connectivity index (χ1) is 6.59. The van der Waals surface area contributed by atoms with Crippen molar-refractivity contribution in [2.45, 2.75) is 32.5 Å². The Morgan fingerprint density at radius 3 is 2.43 bits per heavy atom. The second-order valence-electron chi connectivity index (χ2n) is 4.72. The first kappa shape index (κ1) is 9.69. The summed E-state index contributed by atoms with van der Waals surface area (Å²) in [5.41, 5.74) is 1.38. The summed E-state index contributed by atoms with van der Waals surface area (Å²) in [6.07, 6.45) is 0.447. The van der Waals surface area contributed by atoms with Crippen LogP contribution in [0.4, 0.5) is 0 Å². The molecule has 1 fully saturated rings. The van der Waals surface area contributed by atoms with E-state index in [1.165, 1.54) is 5.56 Å². The average Bonchev–Trinajstić information content (AvgIpc) is 2.41. The predicted molar refractivity (Wildman–Crippen MR) is 56.7 cm³/mol. The van der Waals surface area contributed by atoms with Crippen molar-refractivity contribution in [3.63, 3.8) is 0 Å². The molecule has 76 valence electrons. The van der Waals surface area contributed by atoms with Gasteiger partial charge < -0.3 is 5.11 Å². The van der Waals surface area contributed by atoms with Gasteiger partial charge in [-0.1, -0.05) is 44.2 Å². The maximum atomic E-state index is 9.59. The van der Waals surface area contributed by atoms with Gasteiger partial charge in [-0.15, -0.1) is 0 Å². The Kier molecular flexibility index (Phi) is 2.33. The molecule has 1 aromatic carbocycles. The third kappa shape index (κ3) is 1.68. The summed E-state index contributed by atoms with van der Waals surface area (Å²) in [7, 11) is 0. The van der Waals surface area contributed by atoms with Crippen LogP contribution in [0.5, 0.6) is 0 Å². The number of aliphatic hydroxyl groups excluding tert-OH is 1. The maximum absolute atomic E-state index is 9.59. The van der Waals surface area contributed by atoms with Crippen LogP contribution in [-0.4, -0.2) is 11.3 Å². The SMILES string of the molecule is CC1(C)CC(O)NC1c1ccccc1. The highest BCUT2D eigenvalue weighted by Gasteiger charge is 2.39. The fourth-order valence-corrected chi connectivity index (χ4v) is 2.29. The van der Waals surface area contributed by atoms with E-state index in [9.17, 15) is 5.11 Å². The van der Waals surface area contributed by atoms with Gasteiger partial charge in [0.25, 0.3) is 0 Å². The van der Waals surface area contributed by atoms with Crippen LogP contribution in [0.25, 0.3) is 0 Å². The molecule has 1 aromatic rings. The first-order valence-electron chi connectivity index (χ1n) is 5.09. The highest BCUT2D eigenvalue weighted by molar-refractivity contribution is 5.22. The van der Waals surface area contributed by atoms with Crippen molar-refractivity contribution >= 4 is 0 Å². The van der Waals surface area contributed by atoms with E-state index in [4.69, 9.17) is 0 Å². The molecular weight excluding hydrogens is 174 g/mol. The van der Waals surface area contributed by atoms with E-state index in [0.29, 0.717) is 0 Å². The summed E-state index contributed by atoms with van der Waals surface area (Å²) in [5.74, 6) is 0. The Bertz CT molecular complexity index is 307. The normalized spacial score (nSPS) is 30.5. The van der Waals surface area contributed by atoms with Crippen LogP contribution in [0, 0.1) is 5.41 Å². The summed E-state index contributed by atoms with van der Waals surface area (Å²) >= 11 is 0. The van der Waals surface area contributed by atoms with Crippen molar-refractivity contribution in [3.8, 4) is 0 Å². The molecule has 0 spiro atoms. The number of hydrogen-bond acceptors (Lipinski definition) is 2. The molecule has 1 heterocycles. The monoisotopic (exact) mass is 191 g/mol. The highest BCUT2D eigenvalue weighted by atomic mass is 16.3. The van der Waals surface area contributed by atoms with Gasteiger partial charge in [0.1, 0.15) is 6.23 Å². The number of benzene rings is 1. The number of hydrogen-bond donors (Lipinski definition) is 2. The second kappa shape index (κ2) is 3.37. The Morgan fingerprint density at radius 1 is 1.29 bits per heavy atom. The van der Waals surface area contributed by atoms with Crippen LogP contribution in [-0.2, 0) is 0 Å².